The highest BCUT2D eigenvalue weighted by atomic mass is 14.3. The molecular weight excluding hydrogens is 216 g/mol. The number of hydrogen-bond acceptors (Lipinski definition) is 0. The molecule has 0 aliphatic carbocycles. The van der Waals surface area contributed by atoms with Crippen molar-refractivity contribution in [2.75, 3.05) is 0 Å². The average Bonchev–Trinajstić information content (AvgIpc) is 2.39. The normalized spacial score (nSPS) is 14.7. The van der Waals surface area contributed by atoms with Crippen LogP contribution in [0.25, 0.3) is 0 Å². The molecular formula is C18H38. The summed E-state index contributed by atoms with van der Waals surface area (Å²) in [5.74, 6) is 0. The highest BCUT2D eigenvalue weighted by molar-refractivity contribution is 4.72. The lowest BCUT2D eigenvalue weighted by Gasteiger charge is -2.28. The van der Waals surface area contributed by atoms with E-state index in [2.05, 4.69) is 27.7 Å². The van der Waals surface area contributed by atoms with Gasteiger partial charge in [0.2, 0.25) is 0 Å². The third-order valence-corrected chi connectivity index (χ3v) is 4.62. The van der Waals surface area contributed by atoms with E-state index in [4.69, 9.17) is 0 Å². The molecule has 18 heavy (non-hydrogen) atoms. The molecule has 1 atom stereocenters. The Morgan fingerprint density at radius 3 is 1.50 bits per heavy atom. The zero-order valence-corrected chi connectivity index (χ0v) is 13.7. The van der Waals surface area contributed by atoms with Crippen LogP contribution >= 0.6 is 0 Å². The van der Waals surface area contributed by atoms with Gasteiger partial charge >= 0.3 is 0 Å². The van der Waals surface area contributed by atoms with Gasteiger partial charge in [0.05, 0.1) is 0 Å². The molecule has 0 saturated heterocycles. The lowest BCUT2D eigenvalue weighted by Crippen LogP contribution is -2.14. The Kier molecular flexibility index (Phi) is 12.1. The average molecular weight is 255 g/mol. The third kappa shape index (κ3) is 9.97. The lowest BCUT2D eigenvalue weighted by atomic mass is 9.78. The molecule has 0 radical (unpaired) electrons. The van der Waals surface area contributed by atoms with E-state index in [-0.39, 0.29) is 0 Å². The van der Waals surface area contributed by atoms with Gasteiger partial charge in [-0.2, -0.15) is 0 Å². The summed E-state index contributed by atoms with van der Waals surface area (Å²) in [6, 6.07) is 0. The molecule has 0 nitrogen and oxygen atoms in total. The fourth-order valence-corrected chi connectivity index (χ4v) is 2.77. The van der Waals surface area contributed by atoms with Crippen LogP contribution in [-0.4, -0.2) is 0 Å². The molecule has 1 unspecified atom stereocenters. The molecule has 0 saturated carbocycles. The van der Waals surface area contributed by atoms with Gasteiger partial charge in [-0.3, -0.25) is 0 Å². The van der Waals surface area contributed by atoms with Crippen LogP contribution in [0.2, 0.25) is 0 Å². The summed E-state index contributed by atoms with van der Waals surface area (Å²) in [5, 5.41) is 0. The molecule has 0 N–H and O–H groups in total. The molecule has 0 rings (SSSR count). The van der Waals surface area contributed by atoms with Crippen molar-refractivity contribution in [3.05, 3.63) is 0 Å². The monoisotopic (exact) mass is 254 g/mol. The second-order valence-corrected chi connectivity index (χ2v) is 6.49. The van der Waals surface area contributed by atoms with Crippen LogP contribution in [-0.2, 0) is 0 Å². The van der Waals surface area contributed by atoms with Gasteiger partial charge in [-0.1, -0.05) is 98.3 Å². The molecule has 0 aliphatic heterocycles. The van der Waals surface area contributed by atoms with E-state index in [0.29, 0.717) is 5.41 Å². The van der Waals surface area contributed by atoms with Crippen LogP contribution in [0, 0.1) is 5.41 Å². The Labute approximate surface area is 117 Å². The van der Waals surface area contributed by atoms with E-state index in [1.807, 2.05) is 0 Å². The molecule has 110 valence electrons. The summed E-state index contributed by atoms with van der Waals surface area (Å²) < 4.78 is 0. The van der Waals surface area contributed by atoms with Crippen LogP contribution in [0.15, 0.2) is 0 Å². The first-order chi connectivity index (χ1) is 8.68. The zero-order valence-electron chi connectivity index (χ0n) is 13.7. The van der Waals surface area contributed by atoms with Crippen molar-refractivity contribution in [2.24, 2.45) is 5.41 Å². The van der Waals surface area contributed by atoms with Crippen molar-refractivity contribution in [1.29, 1.82) is 0 Å². The Morgan fingerprint density at radius 1 is 0.556 bits per heavy atom. The van der Waals surface area contributed by atoms with Crippen LogP contribution in [0.3, 0.4) is 0 Å². The van der Waals surface area contributed by atoms with Crippen LogP contribution in [0.1, 0.15) is 111 Å². The number of hydrogen-bond donors (Lipinski definition) is 0. The topological polar surface area (TPSA) is 0 Å². The van der Waals surface area contributed by atoms with Gasteiger partial charge in [0.25, 0.3) is 0 Å². The van der Waals surface area contributed by atoms with Gasteiger partial charge < -0.3 is 0 Å². The van der Waals surface area contributed by atoms with Gasteiger partial charge in [-0.25, -0.2) is 0 Å². The fourth-order valence-electron chi connectivity index (χ4n) is 2.77. The minimum absolute atomic E-state index is 0.637. The molecule has 0 aromatic rings. The summed E-state index contributed by atoms with van der Waals surface area (Å²) >= 11 is 0. The van der Waals surface area contributed by atoms with Crippen molar-refractivity contribution in [3.63, 3.8) is 0 Å². The second-order valence-electron chi connectivity index (χ2n) is 6.49. The number of unbranched alkanes of at least 4 members (excludes halogenated alkanes) is 8. The number of rotatable bonds is 13. The van der Waals surface area contributed by atoms with Crippen molar-refractivity contribution in [1.82, 2.24) is 0 Å². The summed E-state index contributed by atoms with van der Waals surface area (Å²) in [5.41, 5.74) is 0.637. The van der Waals surface area contributed by atoms with E-state index in [1.54, 1.807) is 0 Å². The van der Waals surface area contributed by atoms with E-state index in [1.165, 1.54) is 83.5 Å². The SMILES string of the molecule is CCCCCCCCCCC(C)(CC)CCCC. The molecule has 0 heteroatoms. The maximum atomic E-state index is 2.50. The minimum atomic E-state index is 0.637. The van der Waals surface area contributed by atoms with Gasteiger partial charge in [0.15, 0.2) is 0 Å². The Morgan fingerprint density at radius 2 is 1.00 bits per heavy atom. The first-order valence-electron chi connectivity index (χ1n) is 8.68. The molecule has 0 heterocycles. The van der Waals surface area contributed by atoms with Gasteiger partial charge in [0, 0.05) is 0 Å². The standard InChI is InChI=1S/C18H38/c1-5-8-10-11-12-13-14-15-17-18(4,7-3)16-9-6-2/h5-17H2,1-4H3. The first kappa shape index (κ1) is 18.0. The van der Waals surface area contributed by atoms with Crippen molar-refractivity contribution in [2.45, 2.75) is 111 Å². The predicted molar refractivity (Wildman–Crippen MR) is 85.2 cm³/mol. The Bertz CT molecular complexity index is 161. The molecule has 0 aromatic carbocycles. The van der Waals surface area contributed by atoms with E-state index in [0.717, 1.165) is 0 Å². The van der Waals surface area contributed by atoms with Crippen LogP contribution in [0.5, 0.6) is 0 Å². The second kappa shape index (κ2) is 12.1. The lowest BCUT2D eigenvalue weighted by molar-refractivity contribution is 0.243. The summed E-state index contributed by atoms with van der Waals surface area (Å²) in [6.07, 6.45) is 18.6. The van der Waals surface area contributed by atoms with E-state index in [9.17, 15) is 0 Å². The predicted octanol–water partition coefficient (Wildman–Crippen LogP) is 7.12. The molecule has 0 aliphatic rings. The maximum Gasteiger partial charge on any atom is -0.0328 e. The molecule has 0 bridgehead atoms. The third-order valence-electron chi connectivity index (χ3n) is 4.62. The van der Waals surface area contributed by atoms with Gasteiger partial charge in [-0.15, -0.1) is 0 Å². The van der Waals surface area contributed by atoms with Crippen LogP contribution < -0.4 is 0 Å². The Hall–Kier alpha value is 0. The summed E-state index contributed by atoms with van der Waals surface area (Å²) in [7, 11) is 0. The Balaban J connectivity index is 3.44. The largest absolute Gasteiger partial charge is 0.0654 e. The fraction of sp³-hybridized carbons (Fsp3) is 1.00. The smallest absolute Gasteiger partial charge is 0.0328 e. The van der Waals surface area contributed by atoms with E-state index >= 15 is 0 Å². The van der Waals surface area contributed by atoms with Gasteiger partial charge in [0.1, 0.15) is 0 Å². The summed E-state index contributed by atoms with van der Waals surface area (Å²) in [6.45, 7) is 9.48. The summed E-state index contributed by atoms with van der Waals surface area (Å²) in [4.78, 5) is 0. The van der Waals surface area contributed by atoms with Gasteiger partial charge in [-0.05, 0) is 18.3 Å². The highest BCUT2D eigenvalue weighted by Gasteiger charge is 2.20. The first-order valence-corrected chi connectivity index (χ1v) is 8.68. The van der Waals surface area contributed by atoms with Crippen molar-refractivity contribution >= 4 is 0 Å². The molecule has 0 aromatic heterocycles. The zero-order chi connectivity index (χ0) is 13.7. The van der Waals surface area contributed by atoms with Crippen LogP contribution in [0.4, 0.5) is 0 Å². The van der Waals surface area contributed by atoms with Crippen molar-refractivity contribution < 1.29 is 0 Å². The minimum Gasteiger partial charge on any atom is -0.0654 e. The van der Waals surface area contributed by atoms with Crippen molar-refractivity contribution in [3.8, 4) is 0 Å². The van der Waals surface area contributed by atoms with E-state index < -0.39 is 0 Å². The molecule has 0 fully saturated rings. The molecule has 0 spiro atoms. The maximum absolute atomic E-state index is 2.50. The quantitative estimate of drug-likeness (QED) is 0.307. The highest BCUT2D eigenvalue weighted by Crippen LogP contribution is 2.34. The molecule has 0 amide bonds.